The monoisotopic (exact) mass is 284 g/mol. The number of rotatable bonds is 6. The second kappa shape index (κ2) is 6.90. The molecule has 0 aliphatic heterocycles. The Morgan fingerprint density at radius 1 is 1.24 bits per heavy atom. The maximum Gasteiger partial charge on any atom is 0.244 e. The molecule has 0 saturated heterocycles. The summed E-state index contributed by atoms with van der Waals surface area (Å²) in [6.07, 6.45) is 0. The van der Waals surface area contributed by atoms with Gasteiger partial charge in [0.1, 0.15) is 6.04 Å². The summed E-state index contributed by atoms with van der Waals surface area (Å²) < 4.78 is 5.19. The predicted octanol–water partition coefficient (Wildman–Crippen LogP) is 2.78. The van der Waals surface area contributed by atoms with Gasteiger partial charge in [-0.15, -0.1) is 0 Å². The predicted molar refractivity (Wildman–Crippen MR) is 83.9 cm³/mol. The highest BCUT2D eigenvalue weighted by atomic mass is 16.5. The number of aryl methyl sites for hydroxylation is 1. The third kappa shape index (κ3) is 3.83. The second-order valence-electron chi connectivity index (χ2n) is 4.98. The molecule has 4 nitrogen and oxygen atoms in total. The number of carbonyl (C=O) groups excluding carboxylic acids is 1. The smallest absolute Gasteiger partial charge is 0.244 e. The molecular formula is C17H20N2O2. The topological polar surface area (TPSA) is 64.3 Å². The Balaban J connectivity index is 2.33. The number of anilines is 1. The van der Waals surface area contributed by atoms with Gasteiger partial charge >= 0.3 is 0 Å². The lowest BCUT2D eigenvalue weighted by atomic mass is 9.99. The van der Waals surface area contributed by atoms with Gasteiger partial charge in [-0.1, -0.05) is 36.4 Å². The van der Waals surface area contributed by atoms with E-state index < -0.39 is 11.9 Å². The van der Waals surface area contributed by atoms with E-state index in [0.29, 0.717) is 6.61 Å². The number of methoxy groups -OCH3 is 1. The third-order valence-electron chi connectivity index (χ3n) is 3.28. The molecule has 0 aromatic heterocycles. The molecule has 1 unspecified atom stereocenters. The molecule has 2 aromatic carbocycles. The Morgan fingerprint density at radius 2 is 2.00 bits per heavy atom. The highest BCUT2D eigenvalue weighted by Gasteiger charge is 2.20. The van der Waals surface area contributed by atoms with Crippen LogP contribution in [-0.2, 0) is 16.1 Å². The summed E-state index contributed by atoms with van der Waals surface area (Å²) in [5.74, 6) is -0.417. The first-order valence-corrected chi connectivity index (χ1v) is 6.81. The number of carbonyl (C=O) groups is 1. The van der Waals surface area contributed by atoms with Crippen LogP contribution >= 0.6 is 0 Å². The van der Waals surface area contributed by atoms with E-state index in [-0.39, 0.29) is 0 Å². The summed E-state index contributed by atoms with van der Waals surface area (Å²) in [7, 11) is 1.63. The average molecular weight is 284 g/mol. The third-order valence-corrected chi connectivity index (χ3v) is 3.28. The molecular weight excluding hydrogens is 264 g/mol. The van der Waals surface area contributed by atoms with Crippen LogP contribution in [0.15, 0.2) is 48.5 Å². The van der Waals surface area contributed by atoms with Crippen molar-refractivity contribution >= 4 is 11.6 Å². The Bertz CT molecular complexity index is 626. The average Bonchev–Trinajstić information content (AvgIpc) is 2.46. The van der Waals surface area contributed by atoms with E-state index in [9.17, 15) is 4.79 Å². The SMILES string of the molecule is COCc1ccccc1C(Nc1cccc(C)c1)C(N)=O. The van der Waals surface area contributed by atoms with Gasteiger partial charge < -0.3 is 15.8 Å². The van der Waals surface area contributed by atoms with Crippen LogP contribution in [-0.4, -0.2) is 13.0 Å². The minimum Gasteiger partial charge on any atom is -0.380 e. The van der Waals surface area contributed by atoms with Gasteiger partial charge in [0.15, 0.2) is 0 Å². The van der Waals surface area contributed by atoms with Crippen LogP contribution in [0.3, 0.4) is 0 Å². The molecule has 0 aliphatic carbocycles. The minimum atomic E-state index is -0.585. The van der Waals surface area contributed by atoms with Gasteiger partial charge in [0.2, 0.25) is 5.91 Å². The van der Waals surface area contributed by atoms with Gasteiger partial charge in [-0.05, 0) is 35.7 Å². The normalized spacial score (nSPS) is 11.9. The van der Waals surface area contributed by atoms with Gasteiger partial charge in [-0.25, -0.2) is 0 Å². The molecule has 3 N–H and O–H groups in total. The molecule has 4 heteroatoms. The lowest BCUT2D eigenvalue weighted by molar-refractivity contribution is -0.118. The molecule has 0 bridgehead atoms. The van der Waals surface area contributed by atoms with Crippen LogP contribution in [0.5, 0.6) is 0 Å². The summed E-state index contributed by atoms with van der Waals surface area (Å²) in [4.78, 5) is 11.9. The first kappa shape index (κ1) is 15.1. The molecule has 21 heavy (non-hydrogen) atoms. The van der Waals surface area contributed by atoms with E-state index in [1.165, 1.54) is 0 Å². The largest absolute Gasteiger partial charge is 0.380 e. The van der Waals surface area contributed by atoms with Crippen molar-refractivity contribution in [2.45, 2.75) is 19.6 Å². The number of primary amides is 1. The zero-order valence-electron chi connectivity index (χ0n) is 12.3. The van der Waals surface area contributed by atoms with Crippen molar-refractivity contribution in [3.05, 3.63) is 65.2 Å². The van der Waals surface area contributed by atoms with Crippen LogP contribution in [0.2, 0.25) is 0 Å². The molecule has 0 saturated carbocycles. The Labute approximate surface area is 124 Å². The maximum atomic E-state index is 11.9. The van der Waals surface area contributed by atoms with Gasteiger partial charge in [0, 0.05) is 12.8 Å². The fraction of sp³-hybridized carbons (Fsp3) is 0.235. The number of ether oxygens (including phenoxy) is 1. The van der Waals surface area contributed by atoms with Crippen LogP contribution in [0.25, 0.3) is 0 Å². The standard InChI is InChI=1S/C17H20N2O2/c1-12-6-5-8-14(10-12)19-16(17(18)20)15-9-4-3-7-13(15)11-21-2/h3-10,16,19H,11H2,1-2H3,(H2,18,20). The fourth-order valence-corrected chi connectivity index (χ4v) is 2.31. The summed E-state index contributed by atoms with van der Waals surface area (Å²) in [5, 5.41) is 3.20. The van der Waals surface area contributed by atoms with E-state index in [1.807, 2.05) is 55.5 Å². The summed E-state index contributed by atoms with van der Waals surface area (Å²) >= 11 is 0. The maximum absolute atomic E-state index is 11.9. The molecule has 0 fully saturated rings. The number of hydrogen-bond acceptors (Lipinski definition) is 3. The molecule has 0 spiro atoms. The van der Waals surface area contributed by atoms with Crippen LogP contribution in [0.1, 0.15) is 22.7 Å². The molecule has 2 aromatic rings. The van der Waals surface area contributed by atoms with Gasteiger partial charge in [0.05, 0.1) is 6.61 Å². The molecule has 0 aliphatic rings. The van der Waals surface area contributed by atoms with Crippen LogP contribution in [0.4, 0.5) is 5.69 Å². The van der Waals surface area contributed by atoms with Crippen LogP contribution in [0, 0.1) is 6.92 Å². The first-order chi connectivity index (χ1) is 10.1. The lowest BCUT2D eigenvalue weighted by Crippen LogP contribution is -2.28. The van der Waals surface area contributed by atoms with Gasteiger partial charge in [-0.3, -0.25) is 4.79 Å². The van der Waals surface area contributed by atoms with E-state index in [1.54, 1.807) is 7.11 Å². The number of nitrogens with one attached hydrogen (secondary N) is 1. The highest BCUT2D eigenvalue weighted by Crippen LogP contribution is 2.23. The Kier molecular flexibility index (Phi) is 4.95. The zero-order valence-corrected chi connectivity index (χ0v) is 12.3. The summed E-state index contributed by atoms with van der Waals surface area (Å²) in [6.45, 7) is 2.44. The second-order valence-corrected chi connectivity index (χ2v) is 4.98. The number of hydrogen-bond donors (Lipinski definition) is 2. The van der Waals surface area contributed by atoms with Crippen molar-refractivity contribution in [1.29, 1.82) is 0 Å². The van der Waals surface area contributed by atoms with Crippen LogP contribution < -0.4 is 11.1 Å². The summed E-state index contributed by atoms with van der Waals surface area (Å²) in [5.41, 5.74) is 9.35. The Hall–Kier alpha value is -2.33. The van der Waals surface area contributed by atoms with Crippen molar-refractivity contribution in [1.82, 2.24) is 0 Å². The van der Waals surface area contributed by atoms with E-state index in [0.717, 1.165) is 22.4 Å². The molecule has 1 atom stereocenters. The lowest BCUT2D eigenvalue weighted by Gasteiger charge is -2.20. The van der Waals surface area contributed by atoms with Crippen molar-refractivity contribution < 1.29 is 9.53 Å². The number of nitrogens with two attached hydrogens (primary N) is 1. The van der Waals surface area contributed by atoms with E-state index >= 15 is 0 Å². The molecule has 0 radical (unpaired) electrons. The quantitative estimate of drug-likeness (QED) is 0.857. The molecule has 110 valence electrons. The van der Waals surface area contributed by atoms with Gasteiger partial charge in [0.25, 0.3) is 0 Å². The molecule has 1 amide bonds. The Morgan fingerprint density at radius 3 is 2.67 bits per heavy atom. The molecule has 0 heterocycles. The van der Waals surface area contributed by atoms with E-state index in [2.05, 4.69) is 5.32 Å². The number of benzene rings is 2. The minimum absolute atomic E-state index is 0.417. The fourth-order valence-electron chi connectivity index (χ4n) is 2.31. The summed E-state index contributed by atoms with van der Waals surface area (Å²) in [6, 6.07) is 14.9. The number of amides is 1. The van der Waals surface area contributed by atoms with Crippen molar-refractivity contribution in [2.24, 2.45) is 5.73 Å². The highest BCUT2D eigenvalue weighted by molar-refractivity contribution is 5.85. The van der Waals surface area contributed by atoms with Gasteiger partial charge in [-0.2, -0.15) is 0 Å². The zero-order chi connectivity index (χ0) is 15.2. The van der Waals surface area contributed by atoms with Crippen molar-refractivity contribution in [2.75, 3.05) is 12.4 Å². The van der Waals surface area contributed by atoms with Crippen molar-refractivity contribution in [3.8, 4) is 0 Å². The van der Waals surface area contributed by atoms with Crippen molar-refractivity contribution in [3.63, 3.8) is 0 Å². The first-order valence-electron chi connectivity index (χ1n) is 6.81. The molecule has 2 rings (SSSR count). The van der Waals surface area contributed by atoms with E-state index in [4.69, 9.17) is 10.5 Å².